The molecule has 0 aliphatic heterocycles. The van der Waals surface area contributed by atoms with Gasteiger partial charge in [-0.25, -0.2) is 4.79 Å². The summed E-state index contributed by atoms with van der Waals surface area (Å²) >= 11 is 0. The molecule has 2 atom stereocenters. The minimum atomic E-state index is -1.26. The van der Waals surface area contributed by atoms with Crippen LogP contribution < -0.4 is 15.6 Å². The number of carboxylic acid groups (broad SMARTS) is 2. The molecule has 0 saturated carbocycles. The molecule has 0 heterocycles. The van der Waals surface area contributed by atoms with Gasteiger partial charge in [0.15, 0.2) is 0 Å². The van der Waals surface area contributed by atoms with Gasteiger partial charge in [0.05, 0.1) is 6.42 Å². The Kier molecular flexibility index (Phi) is 7.33. The lowest BCUT2D eigenvalue weighted by molar-refractivity contribution is -0.144. The standard InChI is InChI=1S/C19H20N2O6/c22-17(23)12-15(21-27-14-9-5-2-6-10-14)18(24)20-16(19(25)26)11-13-7-3-1-4-8-13/h1-10,15-16,21H,11-12H2,(H,20,24)(H,22,23)(H,25,26)/t15-,16-/m0/s1. The number of carboxylic acids is 2. The fourth-order valence-electron chi connectivity index (χ4n) is 2.31. The van der Waals surface area contributed by atoms with E-state index >= 15 is 0 Å². The molecule has 0 aliphatic carbocycles. The first-order valence-corrected chi connectivity index (χ1v) is 8.22. The van der Waals surface area contributed by atoms with Crippen molar-refractivity contribution in [1.82, 2.24) is 10.8 Å². The van der Waals surface area contributed by atoms with Crippen LogP contribution in [0, 0.1) is 0 Å². The summed E-state index contributed by atoms with van der Waals surface area (Å²) in [6.07, 6.45) is -0.502. The maximum Gasteiger partial charge on any atom is 0.326 e. The number of para-hydroxylation sites is 1. The summed E-state index contributed by atoms with van der Waals surface area (Å²) in [5.74, 6) is -2.84. The molecule has 0 spiro atoms. The molecule has 0 aromatic heterocycles. The molecule has 2 aromatic rings. The number of aliphatic carboxylic acids is 2. The van der Waals surface area contributed by atoms with Gasteiger partial charge in [-0.2, -0.15) is 0 Å². The zero-order valence-corrected chi connectivity index (χ0v) is 14.4. The highest BCUT2D eigenvalue weighted by Crippen LogP contribution is 2.08. The van der Waals surface area contributed by atoms with Gasteiger partial charge >= 0.3 is 11.9 Å². The maximum atomic E-state index is 12.4. The summed E-state index contributed by atoms with van der Waals surface area (Å²) < 4.78 is 0. The average Bonchev–Trinajstić information content (AvgIpc) is 2.65. The first-order chi connectivity index (χ1) is 13.0. The van der Waals surface area contributed by atoms with Crippen molar-refractivity contribution in [2.24, 2.45) is 0 Å². The summed E-state index contributed by atoms with van der Waals surface area (Å²) in [6, 6.07) is 14.8. The molecule has 142 valence electrons. The van der Waals surface area contributed by atoms with Crippen molar-refractivity contribution in [3.8, 4) is 5.75 Å². The highest BCUT2D eigenvalue weighted by molar-refractivity contribution is 5.89. The molecule has 27 heavy (non-hydrogen) atoms. The van der Waals surface area contributed by atoms with E-state index in [2.05, 4.69) is 10.8 Å². The van der Waals surface area contributed by atoms with Crippen LogP contribution >= 0.6 is 0 Å². The molecule has 0 aliphatic rings. The van der Waals surface area contributed by atoms with Gasteiger partial charge in [0.2, 0.25) is 5.91 Å². The molecule has 0 unspecified atom stereocenters. The zero-order valence-electron chi connectivity index (χ0n) is 14.4. The fourth-order valence-corrected chi connectivity index (χ4v) is 2.31. The summed E-state index contributed by atoms with van der Waals surface area (Å²) in [7, 11) is 0. The van der Waals surface area contributed by atoms with Gasteiger partial charge in [0, 0.05) is 6.42 Å². The third-order valence-electron chi connectivity index (χ3n) is 3.65. The predicted molar refractivity (Wildman–Crippen MR) is 96.0 cm³/mol. The van der Waals surface area contributed by atoms with E-state index in [0.717, 1.165) is 5.56 Å². The number of hydrogen-bond acceptors (Lipinski definition) is 5. The second kappa shape index (κ2) is 9.93. The van der Waals surface area contributed by atoms with Crippen molar-refractivity contribution in [3.63, 3.8) is 0 Å². The zero-order chi connectivity index (χ0) is 19.6. The van der Waals surface area contributed by atoms with Crippen LogP contribution in [0.5, 0.6) is 5.75 Å². The number of nitrogens with one attached hydrogen (secondary N) is 2. The Morgan fingerprint density at radius 3 is 2.04 bits per heavy atom. The lowest BCUT2D eigenvalue weighted by atomic mass is 10.1. The maximum absolute atomic E-state index is 12.4. The van der Waals surface area contributed by atoms with E-state index in [0.29, 0.717) is 5.75 Å². The van der Waals surface area contributed by atoms with Gasteiger partial charge in [-0.15, -0.1) is 5.48 Å². The Morgan fingerprint density at radius 1 is 0.889 bits per heavy atom. The topological polar surface area (TPSA) is 125 Å². The van der Waals surface area contributed by atoms with Crippen LogP contribution in [-0.2, 0) is 20.8 Å². The quantitative estimate of drug-likeness (QED) is 0.462. The second-order valence-corrected chi connectivity index (χ2v) is 5.77. The predicted octanol–water partition coefficient (Wildman–Crippen LogP) is 1.23. The van der Waals surface area contributed by atoms with Crippen LogP contribution in [0.15, 0.2) is 60.7 Å². The van der Waals surface area contributed by atoms with Gasteiger partial charge in [-0.3, -0.25) is 9.59 Å². The van der Waals surface area contributed by atoms with Crippen molar-refractivity contribution in [1.29, 1.82) is 0 Å². The number of hydrogen-bond donors (Lipinski definition) is 4. The number of rotatable bonds is 10. The van der Waals surface area contributed by atoms with Crippen molar-refractivity contribution in [2.45, 2.75) is 24.9 Å². The van der Waals surface area contributed by atoms with Crippen LogP contribution in [0.4, 0.5) is 0 Å². The minimum Gasteiger partial charge on any atom is -0.481 e. The normalized spacial score (nSPS) is 12.6. The molecular formula is C19H20N2O6. The van der Waals surface area contributed by atoms with E-state index < -0.39 is 36.4 Å². The number of benzene rings is 2. The largest absolute Gasteiger partial charge is 0.481 e. The van der Waals surface area contributed by atoms with E-state index in [1.165, 1.54) is 0 Å². The molecule has 2 aromatic carbocycles. The van der Waals surface area contributed by atoms with Crippen molar-refractivity contribution in [3.05, 3.63) is 66.2 Å². The van der Waals surface area contributed by atoms with Gasteiger partial charge < -0.3 is 20.4 Å². The van der Waals surface area contributed by atoms with Gasteiger partial charge in [0.1, 0.15) is 17.8 Å². The minimum absolute atomic E-state index is 0.0707. The lowest BCUT2D eigenvalue weighted by Gasteiger charge is -2.20. The lowest BCUT2D eigenvalue weighted by Crippen LogP contribution is -2.52. The van der Waals surface area contributed by atoms with Crippen LogP contribution in [0.2, 0.25) is 0 Å². The molecular weight excluding hydrogens is 352 g/mol. The number of carbonyl (C=O) groups excluding carboxylic acids is 1. The first kappa shape index (κ1) is 19.9. The van der Waals surface area contributed by atoms with Crippen molar-refractivity contribution < 1.29 is 29.4 Å². The first-order valence-electron chi connectivity index (χ1n) is 8.22. The van der Waals surface area contributed by atoms with E-state index in [1.54, 1.807) is 60.7 Å². The Hall–Kier alpha value is -3.39. The molecule has 8 heteroatoms. The van der Waals surface area contributed by atoms with Crippen LogP contribution in [0.25, 0.3) is 0 Å². The molecule has 4 N–H and O–H groups in total. The van der Waals surface area contributed by atoms with Gasteiger partial charge in [0.25, 0.3) is 0 Å². The smallest absolute Gasteiger partial charge is 0.326 e. The monoisotopic (exact) mass is 372 g/mol. The highest BCUT2D eigenvalue weighted by atomic mass is 16.6. The van der Waals surface area contributed by atoms with Crippen molar-refractivity contribution >= 4 is 17.8 Å². The average molecular weight is 372 g/mol. The molecule has 0 fully saturated rings. The van der Waals surface area contributed by atoms with Crippen molar-refractivity contribution in [2.75, 3.05) is 0 Å². The Bertz CT molecular complexity index is 766. The molecule has 2 rings (SSSR count). The molecule has 0 radical (unpaired) electrons. The highest BCUT2D eigenvalue weighted by Gasteiger charge is 2.27. The summed E-state index contributed by atoms with van der Waals surface area (Å²) in [4.78, 5) is 40.2. The van der Waals surface area contributed by atoms with Crippen LogP contribution in [-0.4, -0.2) is 40.1 Å². The fraction of sp³-hybridized carbons (Fsp3) is 0.211. The van der Waals surface area contributed by atoms with Gasteiger partial charge in [-0.1, -0.05) is 48.5 Å². The summed E-state index contributed by atoms with van der Waals surface area (Å²) in [5, 5.41) is 20.8. The summed E-state index contributed by atoms with van der Waals surface area (Å²) in [6.45, 7) is 0. The van der Waals surface area contributed by atoms with Crippen LogP contribution in [0.1, 0.15) is 12.0 Å². The van der Waals surface area contributed by atoms with E-state index in [9.17, 15) is 19.5 Å². The SMILES string of the molecule is O=C(O)C[C@H](NOc1ccccc1)C(=O)N[C@@H](Cc1ccccc1)C(=O)O. The Labute approximate surface area is 155 Å². The second-order valence-electron chi connectivity index (χ2n) is 5.77. The Morgan fingerprint density at radius 2 is 1.48 bits per heavy atom. The van der Waals surface area contributed by atoms with Gasteiger partial charge in [-0.05, 0) is 17.7 Å². The number of carbonyl (C=O) groups is 3. The van der Waals surface area contributed by atoms with Crippen LogP contribution in [0.3, 0.4) is 0 Å². The number of amides is 1. The van der Waals surface area contributed by atoms with E-state index in [4.69, 9.17) is 9.94 Å². The Balaban J connectivity index is 2.03. The van der Waals surface area contributed by atoms with E-state index in [-0.39, 0.29) is 6.42 Å². The third kappa shape index (κ3) is 6.79. The third-order valence-corrected chi connectivity index (χ3v) is 3.65. The van der Waals surface area contributed by atoms with E-state index in [1.807, 2.05) is 0 Å². The molecule has 1 amide bonds. The number of hydroxylamine groups is 1. The molecule has 0 bridgehead atoms. The molecule has 0 saturated heterocycles. The summed E-state index contributed by atoms with van der Waals surface area (Å²) in [5.41, 5.74) is 3.12. The molecule has 8 nitrogen and oxygen atoms in total.